The van der Waals surface area contributed by atoms with E-state index in [1.54, 1.807) is 18.2 Å². The Bertz CT molecular complexity index is 604. The first kappa shape index (κ1) is 20.8. The van der Waals surface area contributed by atoms with Gasteiger partial charge in [0, 0.05) is 5.54 Å². The fraction of sp³-hybridized carbons (Fsp3) is 0.579. The van der Waals surface area contributed by atoms with Crippen LogP contribution in [0.4, 0.5) is 0 Å². The van der Waals surface area contributed by atoms with E-state index >= 15 is 0 Å². The molecule has 1 N–H and O–H groups in total. The van der Waals surface area contributed by atoms with E-state index in [9.17, 15) is 9.59 Å². The highest BCUT2D eigenvalue weighted by Gasteiger charge is 2.23. The zero-order chi connectivity index (χ0) is 19.2. The molecule has 1 atom stereocenters. The Hall–Kier alpha value is -2.24. The van der Waals surface area contributed by atoms with Gasteiger partial charge in [-0.05, 0) is 51.8 Å². The summed E-state index contributed by atoms with van der Waals surface area (Å²) in [6.45, 7) is 11.8. The second kappa shape index (κ2) is 8.74. The second-order valence-corrected chi connectivity index (χ2v) is 7.36. The van der Waals surface area contributed by atoms with Crippen molar-refractivity contribution in [2.75, 3.05) is 13.7 Å². The lowest BCUT2D eigenvalue weighted by Gasteiger charge is -2.23. The maximum Gasteiger partial charge on any atom is 0.339 e. The van der Waals surface area contributed by atoms with E-state index in [2.05, 4.69) is 5.32 Å². The van der Waals surface area contributed by atoms with Crippen LogP contribution in [0.3, 0.4) is 0 Å². The first-order chi connectivity index (χ1) is 11.5. The van der Waals surface area contributed by atoms with E-state index in [1.165, 1.54) is 14.0 Å². The molecule has 6 nitrogen and oxygen atoms in total. The molecule has 1 aromatic carbocycles. The number of carbonyl (C=O) groups is 2. The molecule has 0 spiro atoms. The molecule has 0 fully saturated rings. The molecule has 0 heterocycles. The van der Waals surface area contributed by atoms with Crippen LogP contribution in [0.2, 0.25) is 0 Å². The summed E-state index contributed by atoms with van der Waals surface area (Å²) in [6.07, 6.45) is -0.894. The molecule has 140 valence electrons. The summed E-state index contributed by atoms with van der Waals surface area (Å²) < 4.78 is 16.2. The monoisotopic (exact) mass is 351 g/mol. The number of carbonyl (C=O) groups excluding carboxylic acids is 2. The third-order valence-corrected chi connectivity index (χ3v) is 3.12. The third-order valence-electron chi connectivity index (χ3n) is 3.12. The standard InChI is InChI=1S/C19H29NO5/c1-12(2)11-24-15-9-8-14(10-16(15)23-7)18(22)25-13(3)17(21)20-19(4,5)6/h8-10,12-13H,11H2,1-7H3,(H,20,21)/t13-/m0/s1. The molecular formula is C19H29NO5. The highest BCUT2D eigenvalue weighted by atomic mass is 16.5. The molecular weight excluding hydrogens is 322 g/mol. The van der Waals surface area contributed by atoms with Crippen molar-refractivity contribution in [3.05, 3.63) is 23.8 Å². The maximum absolute atomic E-state index is 12.3. The van der Waals surface area contributed by atoms with Gasteiger partial charge in [0.25, 0.3) is 5.91 Å². The van der Waals surface area contributed by atoms with Gasteiger partial charge >= 0.3 is 5.97 Å². The average Bonchev–Trinajstić information content (AvgIpc) is 2.50. The predicted molar refractivity (Wildman–Crippen MR) is 96.1 cm³/mol. The number of rotatable bonds is 7. The van der Waals surface area contributed by atoms with Gasteiger partial charge in [-0.2, -0.15) is 0 Å². The van der Waals surface area contributed by atoms with Crippen LogP contribution in [0.1, 0.15) is 51.9 Å². The number of benzene rings is 1. The molecule has 0 aliphatic carbocycles. The SMILES string of the molecule is COc1cc(C(=O)O[C@@H](C)C(=O)NC(C)(C)C)ccc1OCC(C)C. The van der Waals surface area contributed by atoms with E-state index in [1.807, 2.05) is 34.6 Å². The van der Waals surface area contributed by atoms with Crippen LogP contribution in [-0.2, 0) is 9.53 Å². The van der Waals surface area contributed by atoms with Crippen molar-refractivity contribution in [1.29, 1.82) is 0 Å². The van der Waals surface area contributed by atoms with Crippen LogP contribution < -0.4 is 14.8 Å². The molecule has 0 unspecified atom stereocenters. The summed E-state index contributed by atoms with van der Waals surface area (Å²) in [4.78, 5) is 24.3. The van der Waals surface area contributed by atoms with E-state index < -0.39 is 17.6 Å². The first-order valence-electron chi connectivity index (χ1n) is 8.37. The minimum atomic E-state index is -0.894. The van der Waals surface area contributed by atoms with Crippen molar-refractivity contribution < 1.29 is 23.8 Å². The van der Waals surface area contributed by atoms with Crippen LogP contribution in [0.5, 0.6) is 11.5 Å². The van der Waals surface area contributed by atoms with Gasteiger partial charge < -0.3 is 19.5 Å². The van der Waals surface area contributed by atoms with Crippen LogP contribution in [0, 0.1) is 5.92 Å². The van der Waals surface area contributed by atoms with E-state index in [0.717, 1.165) is 0 Å². The molecule has 25 heavy (non-hydrogen) atoms. The summed E-state index contributed by atoms with van der Waals surface area (Å²) in [7, 11) is 1.51. The Balaban J connectivity index is 2.79. The van der Waals surface area contributed by atoms with Gasteiger partial charge in [0.15, 0.2) is 17.6 Å². The van der Waals surface area contributed by atoms with Crippen molar-refractivity contribution in [1.82, 2.24) is 5.32 Å². The normalized spacial score (nSPS) is 12.5. The molecule has 1 amide bonds. The molecule has 0 radical (unpaired) electrons. The highest BCUT2D eigenvalue weighted by Crippen LogP contribution is 2.29. The molecule has 0 aliphatic heterocycles. The van der Waals surface area contributed by atoms with Gasteiger partial charge in [-0.25, -0.2) is 4.79 Å². The average molecular weight is 351 g/mol. The van der Waals surface area contributed by atoms with E-state index in [-0.39, 0.29) is 5.91 Å². The van der Waals surface area contributed by atoms with Crippen molar-refractivity contribution in [2.24, 2.45) is 5.92 Å². The van der Waals surface area contributed by atoms with Gasteiger partial charge in [-0.1, -0.05) is 13.8 Å². The lowest BCUT2D eigenvalue weighted by atomic mass is 10.1. The zero-order valence-electron chi connectivity index (χ0n) is 16.1. The van der Waals surface area contributed by atoms with Gasteiger partial charge in [0.1, 0.15) is 0 Å². The van der Waals surface area contributed by atoms with Gasteiger partial charge in [-0.15, -0.1) is 0 Å². The largest absolute Gasteiger partial charge is 0.493 e. The highest BCUT2D eigenvalue weighted by molar-refractivity contribution is 5.93. The predicted octanol–water partition coefficient (Wildman–Crippen LogP) is 3.19. The summed E-state index contributed by atoms with van der Waals surface area (Å²) >= 11 is 0. The lowest BCUT2D eigenvalue weighted by molar-refractivity contribution is -0.130. The number of amides is 1. The quantitative estimate of drug-likeness (QED) is 0.764. The Morgan fingerprint density at radius 2 is 1.76 bits per heavy atom. The van der Waals surface area contributed by atoms with Crippen LogP contribution >= 0.6 is 0 Å². The first-order valence-corrected chi connectivity index (χ1v) is 8.37. The third kappa shape index (κ3) is 7.03. The number of hydrogen-bond acceptors (Lipinski definition) is 5. The van der Waals surface area contributed by atoms with Crippen molar-refractivity contribution in [3.8, 4) is 11.5 Å². The number of hydrogen-bond donors (Lipinski definition) is 1. The molecule has 1 rings (SSSR count). The molecule has 0 saturated heterocycles. The van der Waals surface area contributed by atoms with Gasteiger partial charge in [-0.3, -0.25) is 4.79 Å². The number of nitrogens with one attached hydrogen (secondary N) is 1. The molecule has 0 saturated carbocycles. The molecule has 0 aliphatic rings. The van der Waals surface area contributed by atoms with Gasteiger partial charge in [0.05, 0.1) is 19.3 Å². The van der Waals surface area contributed by atoms with Crippen molar-refractivity contribution in [3.63, 3.8) is 0 Å². The van der Waals surface area contributed by atoms with Gasteiger partial charge in [0.2, 0.25) is 0 Å². The Labute approximate surface area is 149 Å². The fourth-order valence-corrected chi connectivity index (χ4v) is 1.92. The van der Waals surface area contributed by atoms with Crippen LogP contribution in [0.25, 0.3) is 0 Å². The van der Waals surface area contributed by atoms with Crippen LogP contribution in [0.15, 0.2) is 18.2 Å². The lowest BCUT2D eigenvalue weighted by Crippen LogP contribution is -2.46. The summed E-state index contributed by atoms with van der Waals surface area (Å²) in [5, 5.41) is 2.77. The summed E-state index contributed by atoms with van der Waals surface area (Å²) in [5.41, 5.74) is -0.0970. The number of methoxy groups -OCH3 is 1. The van der Waals surface area contributed by atoms with E-state index in [0.29, 0.717) is 29.6 Å². The summed E-state index contributed by atoms with van der Waals surface area (Å²) in [6, 6.07) is 4.80. The zero-order valence-corrected chi connectivity index (χ0v) is 16.1. The minimum absolute atomic E-state index is 0.296. The Kier molecular flexibility index (Phi) is 7.27. The van der Waals surface area contributed by atoms with E-state index in [4.69, 9.17) is 14.2 Å². The Morgan fingerprint density at radius 1 is 1.12 bits per heavy atom. The van der Waals surface area contributed by atoms with Crippen LogP contribution in [-0.4, -0.2) is 37.2 Å². The second-order valence-electron chi connectivity index (χ2n) is 7.36. The fourth-order valence-electron chi connectivity index (χ4n) is 1.92. The summed E-state index contributed by atoms with van der Waals surface area (Å²) in [5.74, 6) is 0.444. The maximum atomic E-state index is 12.3. The number of esters is 1. The molecule has 1 aromatic rings. The molecule has 6 heteroatoms. The Morgan fingerprint density at radius 3 is 2.28 bits per heavy atom. The van der Waals surface area contributed by atoms with Crippen molar-refractivity contribution in [2.45, 2.75) is 53.2 Å². The molecule has 0 bridgehead atoms. The smallest absolute Gasteiger partial charge is 0.339 e. The number of ether oxygens (including phenoxy) is 3. The topological polar surface area (TPSA) is 73.9 Å². The van der Waals surface area contributed by atoms with Crippen molar-refractivity contribution >= 4 is 11.9 Å². The molecule has 0 aromatic heterocycles. The minimum Gasteiger partial charge on any atom is -0.493 e.